The Labute approximate surface area is 198 Å². The molecule has 0 radical (unpaired) electrons. The summed E-state index contributed by atoms with van der Waals surface area (Å²) in [5.41, 5.74) is 1.73. The van der Waals surface area contributed by atoms with Crippen molar-refractivity contribution in [2.75, 3.05) is 18.1 Å². The van der Waals surface area contributed by atoms with Crippen LogP contribution in [0.15, 0.2) is 41.2 Å². The summed E-state index contributed by atoms with van der Waals surface area (Å²) in [6.07, 6.45) is 0. The van der Waals surface area contributed by atoms with Crippen LogP contribution in [0.2, 0.25) is 10.0 Å². The zero-order chi connectivity index (χ0) is 23.9. The summed E-state index contributed by atoms with van der Waals surface area (Å²) in [4.78, 5) is 56.0. The Morgan fingerprint density at radius 1 is 1.18 bits per heavy atom. The van der Waals surface area contributed by atoms with E-state index in [4.69, 9.17) is 27.9 Å². The number of nitrogens with one attached hydrogen (secondary N) is 1. The second-order valence-corrected chi connectivity index (χ2v) is 8.31. The fraction of sp³-hybridized carbons (Fsp3) is 0.273. The second kappa shape index (κ2) is 8.92. The smallest absolute Gasteiger partial charge is 0.331 e. The molecular formula is C22H20Cl2N4O5. The highest BCUT2D eigenvalue weighted by Gasteiger charge is 2.44. The number of amides is 3. The molecule has 2 heterocycles. The van der Waals surface area contributed by atoms with Gasteiger partial charge in [-0.15, -0.1) is 0 Å². The average Bonchev–Trinajstić information content (AvgIpc) is 3.07. The summed E-state index contributed by atoms with van der Waals surface area (Å²) in [6.45, 7) is 1.36. The number of nitrogens with zero attached hydrogens (tertiary/aromatic N) is 3. The highest BCUT2D eigenvalue weighted by Crippen LogP contribution is 2.31. The number of halogens is 2. The monoisotopic (exact) mass is 490 g/mol. The van der Waals surface area contributed by atoms with Crippen molar-refractivity contribution in [3.8, 4) is 0 Å². The van der Waals surface area contributed by atoms with Crippen molar-refractivity contribution in [3.63, 3.8) is 0 Å². The number of H-pyrrole nitrogens is 1. The second-order valence-electron chi connectivity index (χ2n) is 7.53. The molecule has 1 N–H and O–H groups in total. The summed E-state index contributed by atoms with van der Waals surface area (Å²) in [5.74, 6) is -2.62. The number of benzene rings is 2. The van der Waals surface area contributed by atoms with Gasteiger partial charge in [0.05, 0.1) is 40.8 Å². The standard InChI is InChI=1S/C22H20Cl2N4O5/c1-3-33-20(30)14-11-27(13-7-8-17-16(9-13)25-21(31)26(17)2)22(32)28(19(14)29)10-12-5-4-6-15(23)18(12)24/h4-9,14H,3,10-11H2,1-2H3,(H,25,31). The Morgan fingerprint density at radius 2 is 1.94 bits per heavy atom. The number of aryl methyl sites for hydroxylation is 1. The normalized spacial score (nSPS) is 16.5. The number of imidazole rings is 1. The van der Waals surface area contributed by atoms with Gasteiger partial charge in [-0.25, -0.2) is 9.59 Å². The van der Waals surface area contributed by atoms with E-state index in [9.17, 15) is 19.2 Å². The minimum absolute atomic E-state index is 0.0912. The van der Waals surface area contributed by atoms with Gasteiger partial charge >= 0.3 is 17.7 Å². The number of hydrogen-bond donors (Lipinski definition) is 1. The lowest BCUT2D eigenvalue weighted by Gasteiger charge is -2.37. The molecule has 0 spiro atoms. The van der Waals surface area contributed by atoms with Crippen molar-refractivity contribution in [2.45, 2.75) is 13.5 Å². The topological polar surface area (TPSA) is 105 Å². The Kier molecular flexibility index (Phi) is 6.18. The van der Waals surface area contributed by atoms with E-state index in [1.807, 2.05) is 0 Å². The van der Waals surface area contributed by atoms with Crippen LogP contribution in [-0.2, 0) is 27.9 Å². The van der Waals surface area contributed by atoms with Gasteiger partial charge in [0.25, 0.3) is 0 Å². The number of hydrogen-bond acceptors (Lipinski definition) is 5. The quantitative estimate of drug-likeness (QED) is 0.436. The molecule has 11 heteroatoms. The number of fused-ring (bicyclic) bond motifs is 1. The van der Waals surface area contributed by atoms with E-state index >= 15 is 0 Å². The first-order chi connectivity index (χ1) is 15.7. The van der Waals surface area contributed by atoms with Crippen molar-refractivity contribution >= 4 is 57.8 Å². The van der Waals surface area contributed by atoms with Crippen LogP contribution in [0.1, 0.15) is 12.5 Å². The molecule has 3 amide bonds. The lowest BCUT2D eigenvalue weighted by Crippen LogP contribution is -2.58. The summed E-state index contributed by atoms with van der Waals surface area (Å²) in [5, 5.41) is 0.496. The van der Waals surface area contributed by atoms with Gasteiger partial charge in [-0.1, -0.05) is 35.3 Å². The van der Waals surface area contributed by atoms with Gasteiger partial charge in [0.2, 0.25) is 5.91 Å². The summed E-state index contributed by atoms with van der Waals surface area (Å²) >= 11 is 12.4. The molecule has 2 aromatic carbocycles. The molecule has 1 aromatic heterocycles. The van der Waals surface area contributed by atoms with E-state index in [0.29, 0.717) is 22.3 Å². The van der Waals surface area contributed by atoms with Gasteiger partial charge in [0.1, 0.15) is 0 Å². The summed E-state index contributed by atoms with van der Waals surface area (Å²) < 4.78 is 6.52. The SMILES string of the molecule is CCOC(=O)C1CN(c2ccc3c(c2)[nH]c(=O)n3C)C(=O)N(Cc2cccc(Cl)c2Cl)C1=O. The highest BCUT2D eigenvalue weighted by molar-refractivity contribution is 6.42. The molecule has 4 rings (SSSR count). The number of imide groups is 1. The Morgan fingerprint density at radius 3 is 2.67 bits per heavy atom. The maximum absolute atomic E-state index is 13.4. The lowest BCUT2D eigenvalue weighted by atomic mass is 10.0. The third-order valence-corrected chi connectivity index (χ3v) is 6.38. The van der Waals surface area contributed by atoms with Gasteiger partial charge < -0.3 is 9.72 Å². The van der Waals surface area contributed by atoms with Crippen LogP contribution < -0.4 is 10.6 Å². The van der Waals surface area contributed by atoms with E-state index in [2.05, 4.69) is 4.98 Å². The van der Waals surface area contributed by atoms with Crippen molar-refractivity contribution < 1.29 is 19.1 Å². The fourth-order valence-electron chi connectivity index (χ4n) is 3.78. The van der Waals surface area contributed by atoms with E-state index < -0.39 is 23.8 Å². The number of anilines is 1. The Balaban J connectivity index is 1.75. The van der Waals surface area contributed by atoms with Crippen LogP contribution in [0.3, 0.4) is 0 Å². The van der Waals surface area contributed by atoms with Gasteiger partial charge in [0.15, 0.2) is 5.92 Å². The van der Waals surface area contributed by atoms with Gasteiger partial charge in [-0.3, -0.25) is 24.0 Å². The molecule has 1 atom stereocenters. The number of aromatic amines is 1. The maximum Gasteiger partial charge on any atom is 0.331 e. The first kappa shape index (κ1) is 22.9. The van der Waals surface area contributed by atoms with Crippen molar-refractivity contribution in [2.24, 2.45) is 13.0 Å². The largest absolute Gasteiger partial charge is 0.465 e. The average molecular weight is 491 g/mol. The molecule has 1 fully saturated rings. The molecule has 0 bridgehead atoms. The molecule has 3 aromatic rings. The molecule has 33 heavy (non-hydrogen) atoms. The predicted octanol–water partition coefficient (Wildman–Crippen LogP) is 3.32. The van der Waals surface area contributed by atoms with E-state index in [-0.39, 0.29) is 35.4 Å². The molecule has 0 aliphatic carbocycles. The molecule has 0 saturated carbocycles. The first-order valence-corrected chi connectivity index (χ1v) is 10.9. The number of carbonyl (C=O) groups is 3. The van der Waals surface area contributed by atoms with Crippen LogP contribution in [0, 0.1) is 5.92 Å². The molecular weight excluding hydrogens is 471 g/mol. The minimum Gasteiger partial charge on any atom is -0.465 e. The van der Waals surface area contributed by atoms with Crippen molar-refractivity contribution in [1.29, 1.82) is 0 Å². The van der Waals surface area contributed by atoms with Crippen LogP contribution >= 0.6 is 23.2 Å². The van der Waals surface area contributed by atoms with Crippen molar-refractivity contribution in [1.82, 2.24) is 14.5 Å². The number of carbonyl (C=O) groups excluding carboxylic acids is 3. The maximum atomic E-state index is 13.4. The zero-order valence-corrected chi connectivity index (χ0v) is 19.3. The van der Waals surface area contributed by atoms with Crippen LogP contribution in [0.4, 0.5) is 10.5 Å². The van der Waals surface area contributed by atoms with Gasteiger partial charge in [-0.2, -0.15) is 0 Å². The Bertz CT molecular complexity index is 1330. The molecule has 172 valence electrons. The Hall–Kier alpha value is -3.30. The number of ether oxygens (including phenoxy) is 1. The molecule has 1 aliphatic heterocycles. The van der Waals surface area contributed by atoms with E-state index in [1.165, 1.54) is 9.47 Å². The van der Waals surface area contributed by atoms with Gasteiger partial charge in [0, 0.05) is 12.7 Å². The number of urea groups is 1. The zero-order valence-electron chi connectivity index (χ0n) is 17.8. The predicted molar refractivity (Wildman–Crippen MR) is 123 cm³/mol. The van der Waals surface area contributed by atoms with Crippen LogP contribution in [-0.4, -0.2) is 45.5 Å². The first-order valence-electron chi connectivity index (χ1n) is 10.1. The minimum atomic E-state index is -1.22. The fourth-order valence-corrected chi connectivity index (χ4v) is 4.16. The van der Waals surface area contributed by atoms with E-state index in [0.717, 1.165) is 4.90 Å². The number of esters is 1. The molecule has 1 unspecified atom stereocenters. The molecule has 1 aliphatic rings. The highest BCUT2D eigenvalue weighted by atomic mass is 35.5. The number of rotatable bonds is 5. The van der Waals surface area contributed by atoms with Gasteiger partial charge in [-0.05, 0) is 36.8 Å². The van der Waals surface area contributed by atoms with Crippen LogP contribution in [0.5, 0.6) is 0 Å². The summed E-state index contributed by atoms with van der Waals surface area (Å²) in [7, 11) is 1.62. The third kappa shape index (κ3) is 4.09. The molecule has 9 nitrogen and oxygen atoms in total. The third-order valence-electron chi connectivity index (χ3n) is 5.52. The van der Waals surface area contributed by atoms with Crippen LogP contribution in [0.25, 0.3) is 11.0 Å². The van der Waals surface area contributed by atoms with Crippen molar-refractivity contribution in [3.05, 3.63) is 62.5 Å². The summed E-state index contributed by atoms with van der Waals surface area (Å²) in [6, 6.07) is 9.22. The van der Waals surface area contributed by atoms with E-state index in [1.54, 1.807) is 50.4 Å². The number of aromatic nitrogens is 2. The molecule has 1 saturated heterocycles. The lowest BCUT2D eigenvalue weighted by molar-refractivity contribution is -0.154.